The third kappa shape index (κ3) is 2.66. The van der Waals surface area contributed by atoms with Crippen molar-refractivity contribution in [3.63, 3.8) is 0 Å². The zero-order chi connectivity index (χ0) is 13.0. The number of benzene rings is 1. The van der Waals surface area contributed by atoms with Crippen LogP contribution in [0, 0.1) is 6.92 Å². The second-order valence-electron chi connectivity index (χ2n) is 4.67. The number of hydrogen-bond donors (Lipinski definition) is 0. The van der Waals surface area contributed by atoms with Crippen LogP contribution in [0.1, 0.15) is 35.4 Å². The molecule has 0 amide bonds. The van der Waals surface area contributed by atoms with Gasteiger partial charge in [-0.15, -0.1) is 0 Å². The van der Waals surface area contributed by atoms with Crippen LogP contribution in [-0.4, -0.2) is 20.3 Å². The Hall–Kier alpha value is -1.50. The molecule has 96 valence electrons. The SMILES string of the molecule is C=C=C(OC)c1ccc(C2CCOCC2)cc1C. The molecule has 18 heavy (non-hydrogen) atoms. The predicted octanol–water partition coefficient (Wildman–Crippen LogP) is 3.66. The van der Waals surface area contributed by atoms with Crippen LogP contribution >= 0.6 is 0 Å². The molecule has 0 unspecified atom stereocenters. The van der Waals surface area contributed by atoms with Crippen molar-refractivity contribution in [2.24, 2.45) is 0 Å². The number of methoxy groups -OCH3 is 1. The monoisotopic (exact) mass is 244 g/mol. The lowest BCUT2D eigenvalue weighted by molar-refractivity contribution is 0.0853. The number of ether oxygens (including phenoxy) is 2. The van der Waals surface area contributed by atoms with Crippen LogP contribution in [0.5, 0.6) is 0 Å². The molecule has 1 aromatic carbocycles. The predicted molar refractivity (Wildman–Crippen MR) is 73.5 cm³/mol. The fourth-order valence-electron chi connectivity index (χ4n) is 2.50. The quantitative estimate of drug-likeness (QED) is 0.596. The highest BCUT2D eigenvalue weighted by Gasteiger charge is 2.17. The third-order valence-corrected chi connectivity index (χ3v) is 3.55. The van der Waals surface area contributed by atoms with E-state index in [2.05, 4.69) is 37.4 Å². The van der Waals surface area contributed by atoms with Gasteiger partial charge in [0.05, 0.1) is 7.11 Å². The summed E-state index contributed by atoms with van der Waals surface area (Å²) in [7, 11) is 1.65. The highest BCUT2D eigenvalue weighted by atomic mass is 16.5. The van der Waals surface area contributed by atoms with Gasteiger partial charge in [0, 0.05) is 18.8 Å². The third-order valence-electron chi connectivity index (χ3n) is 3.55. The molecular formula is C16H20O2. The molecule has 0 radical (unpaired) electrons. The number of hydrogen-bond acceptors (Lipinski definition) is 2. The van der Waals surface area contributed by atoms with Crippen LogP contribution in [0.25, 0.3) is 5.76 Å². The van der Waals surface area contributed by atoms with E-state index in [1.165, 1.54) is 11.1 Å². The molecule has 2 nitrogen and oxygen atoms in total. The molecular weight excluding hydrogens is 224 g/mol. The summed E-state index contributed by atoms with van der Waals surface area (Å²) in [5.74, 6) is 1.34. The molecule has 0 aliphatic carbocycles. The van der Waals surface area contributed by atoms with E-state index in [4.69, 9.17) is 9.47 Å². The maximum atomic E-state index is 5.41. The zero-order valence-electron chi connectivity index (χ0n) is 11.2. The first-order valence-corrected chi connectivity index (χ1v) is 6.39. The van der Waals surface area contributed by atoms with E-state index in [9.17, 15) is 0 Å². The van der Waals surface area contributed by atoms with Crippen molar-refractivity contribution in [3.8, 4) is 0 Å². The molecule has 0 bridgehead atoms. The van der Waals surface area contributed by atoms with Gasteiger partial charge < -0.3 is 9.47 Å². The Morgan fingerprint density at radius 2 is 2.11 bits per heavy atom. The Morgan fingerprint density at radius 3 is 2.67 bits per heavy atom. The summed E-state index contributed by atoms with van der Waals surface area (Å²) in [5, 5.41) is 0. The van der Waals surface area contributed by atoms with E-state index in [-0.39, 0.29) is 0 Å². The second-order valence-corrected chi connectivity index (χ2v) is 4.67. The first-order valence-electron chi connectivity index (χ1n) is 6.39. The summed E-state index contributed by atoms with van der Waals surface area (Å²) < 4.78 is 10.7. The minimum absolute atomic E-state index is 0.630. The van der Waals surface area contributed by atoms with E-state index >= 15 is 0 Å². The summed E-state index contributed by atoms with van der Waals surface area (Å²) in [5.41, 5.74) is 6.52. The van der Waals surface area contributed by atoms with Crippen LogP contribution in [0.3, 0.4) is 0 Å². The number of aryl methyl sites for hydroxylation is 1. The number of rotatable bonds is 3. The largest absolute Gasteiger partial charge is 0.489 e. The van der Waals surface area contributed by atoms with Gasteiger partial charge in [0.25, 0.3) is 0 Å². The molecule has 0 spiro atoms. The Bertz CT molecular complexity index is 464. The topological polar surface area (TPSA) is 18.5 Å². The molecule has 0 aromatic heterocycles. The molecule has 2 rings (SSSR count). The maximum absolute atomic E-state index is 5.41. The minimum Gasteiger partial charge on any atom is -0.489 e. The molecule has 0 atom stereocenters. The van der Waals surface area contributed by atoms with Crippen molar-refractivity contribution in [1.29, 1.82) is 0 Å². The molecule has 1 aromatic rings. The van der Waals surface area contributed by atoms with Gasteiger partial charge in [-0.25, -0.2) is 0 Å². The van der Waals surface area contributed by atoms with Crippen molar-refractivity contribution < 1.29 is 9.47 Å². The average molecular weight is 244 g/mol. The minimum atomic E-state index is 0.630. The maximum Gasteiger partial charge on any atom is 0.168 e. The van der Waals surface area contributed by atoms with Crippen molar-refractivity contribution in [1.82, 2.24) is 0 Å². The van der Waals surface area contributed by atoms with Gasteiger partial charge in [-0.1, -0.05) is 30.5 Å². The van der Waals surface area contributed by atoms with Gasteiger partial charge in [-0.3, -0.25) is 0 Å². The molecule has 1 aliphatic heterocycles. The van der Waals surface area contributed by atoms with Crippen LogP contribution in [0.15, 0.2) is 30.5 Å². The molecule has 1 fully saturated rings. The van der Waals surface area contributed by atoms with E-state index in [0.717, 1.165) is 31.6 Å². The lowest BCUT2D eigenvalue weighted by atomic mass is 9.89. The molecule has 0 N–H and O–H groups in total. The molecule has 1 aliphatic rings. The second kappa shape index (κ2) is 5.90. The Kier molecular flexibility index (Phi) is 4.24. The van der Waals surface area contributed by atoms with Gasteiger partial charge in [0.15, 0.2) is 5.76 Å². The zero-order valence-corrected chi connectivity index (χ0v) is 11.2. The lowest BCUT2D eigenvalue weighted by Crippen LogP contribution is -2.14. The van der Waals surface area contributed by atoms with Crippen molar-refractivity contribution >= 4 is 5.76 Å². The van der Waals surface area contributed by atoms with Crippen LogP contribution in [0.4, 0.5) is 0 Å². The van der Waals surface area contributed by atoms with Crippen molar-refractivity contribution in [2.75, 3.05) is 20.3 Å². The van der Waals surface area contributed by atoms with Gasteiger partial charge in [0.1, 0.15) is 0 Å². The molecule has 0 saturated carbocycles. The summed E-state index contributed by atoms with van der Waals surface area (Å²) in [6.45, 7) is 7.52. The fourth-order valence-corrected chi connectivity index (χ4v) is 2.50. The Balaban J connectivity index is 2.26. The summed E-state index contributed by atoms with van der Waals surface area (Å²) in [6, 6.07) is 6.55. The fraction of sp³-hybridized carbons (Fsp3) is 0.438. The van der Waals surface area contributed by atoms with Crippen LogP contribution in [-0.2, 0) is 9.47 Å². The standard InChI is InChI=1S/C16H20O2/c1-4-16(17-3)15-6-5-14(11-12(15)2)13-7-9-18-10-8-13/h5-6,11,13H,1,7-10H2,2-3H3. The highest BCUT2D eigenvalue weighted by Crippen LogP contribution is 2.29. The first-order chi connectivity index (χ1) is 8.76. The molecule has 1 heterocycles. The average Bonchev–Trinajstić information content (AvgIpc) is 2.43. The summed E-state index contributed by atoms with van der Waals surface area (Å²) in [6.07, 6.45) is 2.24. The van der Waals surface area contributed by atoms with Crippen LogP contribution < -0.4 is 0 Å². The van der Waals surface area contributed by atoms with E-state index < -0.39 is 0 Å². The Labute approximate surface area is 109 Å². The smallest absolute Gasteiger partial charge is 0.168 e. The summed E-state index contributed by atoms with van der Waals surface area (Å²) in [4.78, 5) is 0. The van der Waals surface area contributed by atoms with Gasteiger partial charge in [0.2, 0.25) is 0 Å². The van der Waals surface area contributed by atoms with E-state index in [1.54, 1.807) is 7.11 Å². The van der Waals surface area contributed by atoms with Crippen LogP contribution in [0.2, 0.25) is 0 Å². The lowest BCUT2D eigenvalue weighted by Gasteiger charge is -2.23. The van der Waals surface area contributed by atoms with Gasteiger partial charge in [-0.2, -0.15) is 0 Å². The van der Waals surface area contributed by atoms with Crippen molar-refractivity contribution in [2.45, 2.75) is 25.7 Å². The van der Waals surface area contributed by atoms with E-state index in [0.29, 0.717) is 11.7 Å². The molecule has 2 heteroatoms. The first kappa shape index (κ1) is 12.9. The highest BCUT2D eigenvalue weighted by molar-refractivity contribution is 5.62. The van der Waals surface area contributed by atoms with Gasteiger partial charge in [-0.05, 0) is 36.8 Å². The molecule has 1 saturated heterocycles. The van der Waals surface area contributed by atoms with Gasteiger partial charge >= 0.3 is 0 Å². The normalized spacial score (nSPS) is 16.1. The van der Waals surface area contributed by atoms with Crippen molar-refractivity contribution in [3.05, 3.63) is 47.2 Å². The van der Waals surface area contributed by atoms with E-state index in [1.807, 2.05) is 0 Å². The Morgan fingerprint density at radius 1 is 1.39 bits per heavy atom. The summed E-state index contributed by atoms with van der Waals surface area (Å²) >= 11 is 0.